The number of aromatic nitrogens is 14. The fourth-order valence-corrected chi connectivity index (χ4v) is 14.3. The van der Waals surface area contributed by atoms with Crippen LogP contribution in [0.4, 0.5) is 75.8 Å². The molecule has 0 saturated heterocycles. The van der Waals surface area contributed by atoms with Gasteiger partial charge in [0.15, 0.2) is 104 Å². The van der Waals surface area contributed by atoms with Gasteiger partial charge < -0.3 is 49.6 Å². The number of methoxy groups -OCH3 is 2. The molecule has 0 amide bonds. The van der Waals surface area contributed by atoms with Gasteiger partial charge in [0.1, 0.15) is 116 Å². The molecule has 7 aromatic carbocycles. The molecule has 0 aliphatic rings. The minimum absolute atomic E-state index is 0.0118. The van der Waals surface area contributed by atoms with E-state index in [4.69, 9.17) is 131 Å². The topological polar surface area (TPSA) is 501 Å². The first kappa shape index (κ1) is 116. The summed E-state index contributed by atoms with van der Waals surface area (Å²) in [6.07, 6.45) is 8.13. The van der Waals surface area contributed by atoms with Gasteiger partial charge in [0.05, 0.1) is 62.1 Å². The van der Waals surface area contributed by atoms with Crippen LogP contribution in [-0.2, 0) is 0 Å². The highest BCUT2D eigenvalue weighted by Crippen LogP contribution is 2.40. The van der Waals surface area contributed by atoms with Gasteiger partial charge in [-0.2, -0.15) is 0 Å². The molecule has 0 radical (unpaired) electrons. The summed E-state index contributed by atoms with van der Waals surface area (Å²) in [7, 11) is 2.81. The van der Waals surface area contributed by atoms with Crippen LogP contribution in [0.1, 0.15) is 179 Å². The first-order chi connectivity index (χ1) is 69.3. The van der Waals surface area contributed by atoms with E-state index in [1.807, 2.05) is 0 Å². The minimum atomic E-state index is -1.61. The Hall–Kier alpha value is -16.4. The fraction of sp³-hybridized carbons (Fsp3) is 0.108. The van der Waals surface area contributed by atoms with E-state index in [2.05, 4.69) is 116 Å². The Labute approximate surface area is 869 Å². The van der Waals surface area contributed by atoms with E-state index >= 15 is 0 Å². The van der Waals surface area contributed by atoms with Gasteiger partial charge in [-0.3, -0.25) is 33.6 Å². The van der Waals surface area contributed by atoms with E-state index in [-0.39, 0.29) is 220 Å². The van der Waals surface area contributed by atoms with Crippen molar-refractivity contribution in [2.24, 2.45) is 0 Å². The van der Waals surface area contributed by atoms with E-state index in [1.165, 1.54) is 161 Å². The molecule has 7 heterocycles. The number of nitrogens with zero attached hydrogens (tertiary/aromatic N) is 14. The number of alkyl halides is 1. The van der Waals surface area contributed by atoms with Crippen LogP contribution in [0.25, 0.3) is 122 Å². The summed E-state index contributed by atoms with van der Waals surface area (Å²) in [5, 5.41) is 0.705. The highest BCUT2D eigenvalue weighted by Gasteiger charge is 2.29. The van der Waals surface area contributed by atoms with Gasteiger partial charge in [-0.05, 0) is 116 Å². The number of hydrogen-bond acceptors (Lipinski definition) is 30. The molecule has 0 aliphatic carbocycles. The Kier molecular flexibility index (Phi) is 40.4. The number of carbonyl (C=O) groups excluding carboxylic acids is 7. The van der Waals surface area contributed by atoms with Gasteiger partial charge in [-0.1, -0.05) is 170 Å². The molecule has 14 N–H and O–H groups in total. The largest absolute Gasteiger partial charge is 0.495 e. The Morgan fingerprint density at radius 3 is 0.898 bits per heavy atom. The van der Waals surface area contributed by atoms with Crippen molar-refractivity contribution < 1.29 is 78.2 Å². The van der Waals surface area contributed by atoms with Gasteiger partial charge in [-0.25, -0.2) is 105 Å². The molecule has 30 nitrogen and oxygen atoms in total. The zero-order valence-corrected chi connectivity index (χ0v) is 84.4. The highest BCUT2D eigenvalue weighted by molar-refractivity contribution is 6.33. The number of rotatable bonds is 24. The zero-order chi connectivity index (χ0) is 110. The minimum Gasteiger partial charge on any atom is -0.495 e. The van der Waals surface area contributed by atoms with E-state index in [0.29, 0.717) is 55.3 Å². The molecule has 1 atom stereocenters. The second kappa shape index (κ2) is 51.2. The quantitative estimate of drug-likeness (QED) is 0.0128. The molecule has 1 unspecified atom stereocenters. The molecule has 0 bridgehead atoms. The molecule has 0 fully saturated rings. The van der Waals surface area contributed by atoms with Crippen LogP contribution in [0, 0.1) is 40.7 Å². The van der Waals surface area contributed by atoms with Gasteiger partial charge in [0.25, 0.3) is 0 Å². The third-order valence-electron chi connectivity index (χ3n) is 20.1. The lowest BCUT2D eigenvalue weighted by molar-refractivity contribution is 0.1000. The van der Waals surface area contributed by atoms with Crippen LogP contribution in [0.15, 0.2) is 155 Å². The predicted octanol–water partition coefficient (Wildman–Crippen LogP) is 24.6. The molecule has 0 saturated carbocycles. The summed E-state index contributed by atoms with van der Waals surface area (Å²) in [6, 6.07) is 25.7. The molecule has 45 heteroatoms. The molecule has 0 spiro atoms. The maximum absolute atomic E-state index is 14.6. The van der Waals surface area contributed by atoms with Crippen molar-refractivity contribution in [2.75, 3.05) is 54.4 Å². The van der Waals surface area contributed by atoms with Gasteiger partial charge >= 0.3 is 0 Å². The Balaban J connectivity index is 0.000000209. The summed E-state index contributed by atoms with van der Waals surface area (Å²) in [5.41, 5.74) is 44.2. The molecule has 7 aromatic heterocycles. The standard InChI is InChI=1S/C16H14ClF2N3O.C15H13ClFN3O2.C15H14ClN3O2.2C14H10ClF2N3O.C14H11ClFN3O.C14H12ClN3O/c1-4-9-14(8(3)23)21-16(22-15(9)20)10-5-6-11(17)12(7(2)18)13(10)19;1-4-8-12(7(2)21)19-15(20-14(8)18)9-5-6-10(16)13(22-3)11(9)17;1-4-10-13(8(2)20)18-15(19-14(10)17)9-5-6-11(16)12(7-9)21-3;1-3-7-12(6(2)21)19-14(20-13(7)18)8-4-11(17)9(15)5-10(8)16;1-3-7-12(6(2)21)19-14(20-13(7)18)8-4-5-9(15)11(17)10(8)16;1-3-9-12(7(2)20)18-14(19-13(9)17)10-5-4-8(15)6-11(10)16;1-3-11-12(8(2)19)17-14(18-13(11)16)9-4-6-10(15)7-5-9/h4-7H,1H2,2-3H3,(H2,20,21,22);4-6H,1H2,2-3H3,(H2,18,19,20);4-7H,1H2,2-3H3,(H2,17,18,19);2*3-5H,1H2,2H3,(H2,18,19,20);3-6H,1H2,2H3,(H2,17,18,19);3-7H,1H2,2H3,(H2,16,17,18). The third-order valence-corrected chi connectivity index (χ3v) is 22.1. The van der Waals surface area contributed by atoms with E-state index < -0.39 is 58.5 Å². The maximum atomic E-state index is 14.6. The predicted molar refractivity (Wildman–Crippen MR) is 561 cm³/mol. The molecular formula is C102H84Cl7F8N21O9. The van der Waals surface area contributed by atoms with Crippen LogP contribution in [0.5, 0.6) is 11.5 Å². The number of anilines is 7. The second-order valence-corrected chi connectivity index (χ2v) is 32.9. The van der Waals surface area contributed by atoms with Crippen molar-refractivity contribution in [1.29, 1.82) is 0 Å². The average molecular weight is 2150 g/mol. The first-order valence-electron chi connectivity index (χ1n) is 42.0. The lowest BCUT2D eigenvalue weighted by Gasteiger charge is -2.12. The van der Waals surface area contributed by atoms with Crippen molar-refractivity contribution >= 4 is 205 Å². The normalized spacial score (nSPS) is 10.6. The molecular weight excluding hydrogens is 2060 g/mol. The van der Waals surface area contributed by atoms with E-state index in [9.17, 15) is 68.7 Å². The number of Topliss-reactive ketones (excluding diaryl/α,β-unsaturated/α-hetero) is 7. The molecule has 0 aliphatic heterocycles. The van der Waals surface area contributed by atoms with Crippen molar-refractivity contribution in [1.82, 2.24) is 69.8 Å². The SMILES string of the molecule is C=Cc1c(N)nc(-c2cc(F)c(Cl)cc2F)nc1C(C)=O.C=Cc1c(N)nc(-c2ccc(Cl)c(C(C)F)c2F)nc1C(C)=O.C=Cc1c(N)nc(-c2ccc(Cl)c(F)c2F)nc1C(C)=O.C=Cc1c(N)nc(-c2ccc(Cl)c(OC)c2)nc1C(C)=O.C=Cc1c(N)nc(-c2ccc(Cl)c(OC)c2F)nc1C(C)=O.C=Cc1c(N)nc(-c2ccc(Cl)cc2)nc1C(C)=O.C=Cc1c(N)nc(-c2ccc(Cl)cc2F)nc1C(C)=O. The summed E-state index contributed by atoms with van der Waals surface area (Å²) >= 11 is 40.2. The molecule has 756 valence electrons. The van der Waals surface area contributed by atoms with Crippen LogP contribution in [0.2, 0.25) is 35.2 Å². The zero-order valence-electron chi connectivity index (χ0n) is 79.1. The summed E-state index contributed by atoms with van der Waals surface area (Å²) in [6.45, 7) is 35.5. The van der Waals surface area contributed by atoms with Crippen LogP contribution in [0.3, 0.4) is 0 Å². The van der Waals surface area contributed by atoms with Crippen LogP contribution >= 0.6 is 81.2 Å². The van der Waals surface area contributed by atoms with Crippen molar-refractivity contribution in [2.45, 2.75) is 61.6 Å². The average Bonchev–Trinajstić information content (AvgIpc) is 0.792. The highest BCUT2D eigenvalue weighted by atomic mass is 35.5. The molecule has 147 heavy (non-hydrogen) atoms. The number of nitrogen functional groups attached to an aromatic ring is 7. The number of carbonyl (C=O) groups is 7. The fourth-order valence-electron chi connectivity index (χ4n) is 13.0. The molecule has 14 rings (SSSR count). The van der Waals surface area contributed by atoms with Crippen molar-refractivity contribution in [3.05, 3.63) is 315 Å². The lowest BCUT2D eigenvalue weighted by atomic mass is 10.0. The van der Waals surface area contributed by atoms with Crippen LogP contribution in [-0.4, -0.2) is 124 Å². The number of nitrogens with two attached hydrogens (primary N) is 7. The first-order valence-corrected chi connectivity index (χ1v) is 44.6. The Morgan fingerprint density at radius 2 is 0.565 bits per heavy atom. The second-order valence-electron chi connectivity index (χ2n) is 30.0. The lowest BCUT2D eigenvalue weighted by Crippen LogP contribution is -2.09. The number of benzene rings is 7. The Bertz CT molecular complexity index is 7630. The van der Waals surface area contributed by atoms with E-state index in [1.54, 1.807) is 42.5 Å². The van der Waals surface area contributed by atoms with Crippen molar-refractivity contribution in [3.8, 4) is 91.2 Å². The molecule has 14 aromatic rings. The number of halogens is 15. The van der Waals surface area contributed by atoms with Gasteiger partial charge in [0, 0.05) is 119 Å². The van der Waals surface area contributed by atoms with Crippen LogP contribution < -0.4 is 49.6 Å². The van der Waals surface area contributed by atoms with E-state index in [0.717, 1.165) is 23.8 Å². The van der Waals surface area contributed by atoms with Gasteiger partial charge in [-0.15, -0.1) is 0 Å². The monoisotopic (exact) mass is 2140 g/mol. The smallest absolute Gasteiger partial charge is 0.178 e. The summed E-state index contributed by atoms with van der Waals surface area (Å²) in [4.78, 5) is 138. The number of ether oxygens (including phenoxy) is 2. The number of ketones is 7. The third kappa shape index (κ3) is 27.6. The number of hydrogen-bond donors (Lipinski definition) is 7. The van der Waals surface area contributed by atoms with Gasteiger partial charge in [0.2, 0.25) is 0 Å². The maximum Gasteiger partial charge on any atom is 0.178 e. The Morgan fingerprint density at radius 1 is 0.286 bits per heavy atom. The summed E-state index contributed by atoms with van der Waals surface area (Å²) in [5.74, 6) is -7.40. The van der Waals surface area contributed by atoms with Crippen molar-refractivity contribution in [3.63, 3.8) is 0 Å². The summed E-state index contributed by atoms with van der Waals surface area (Å²) < 4.78 is 121.